The molecule has 0 saturated carbocycles. The number of nitrogens with one attached hydrogen (secondary N) is 5. The first-order valence-electron chi connectivity index (χ1n) is 17.6. The lowest BCUT2D eigenvalue weighted by atomic mass is 10.0. The van der Waals surface area contributed by atoms with Gasteiger partial charge in [0.2, 0.25) is 11.8 Å². The number of hydrogen-bond donors (Lipinski definition) is 5. The predicted molar refractivity (Wildman–Crippen MR) is 204 cm³/mol. The first-order chi connectivity index (χ1) is 24.7. The van der Waals surface area contributed by atoms with E-state index in [0.717, 1.165) is 15.6 Å². The van der Waals surface area contributed by atoms with Crippen molar-refractivity contribution < 1.29 is 28.7 Å². The monoisotopic (exact) mass is 776 g/mol. The molecule has 1 saturated heterocycles. The lowest BCUT2D eigenvalue weighted by molar-refractivity contribution is -0.130. The van der Waals surface area contributed by atoms with Crippen molar-refractivity contribution in [2.75, 3.05) is 24.5 Å². The van der Waals surface area contributed by atoms with Gasteiger partial charge in [0.25, 0.3) is 11.8 Å². The highest BCUT2D eigenvalue weighted by Crippen LogP contribution is 2.26. The van der Waals surface area contributed by atoms with Gasteiger partial charge in [-0.15, -0.1) is 0 Å². The summed E-state index contributed by atoms with van der Waals surface area (Å²) in [4.78, 5) is 67.5. The molecule has 5 amide bonds. The summed E-state index contributed by atoms with van der Waals surface area (Å²) in [5.74, 6) is -1.59. The standard InChI is InChI=1S/C39H49BrN6O6/c1-7-41-38(50)34(23(2)3)45-35(47)26(6)42-21-32(17-27-11-9-8-10-12-27)44-37(49)30-18-29(19-33(20-30)46-22-24(4)52-39(46)51)36(48)43-25(5)28-13-15-31(40)16-14-28/h8-16,18-20,23-26,32,34,42H,7,17,21-22H2,1-6H3,(H,41,50)(H,43,48)(H,44,49)(H,45,47)/t24?,25-,26+,32+,34+/m1/s1. The molecule has 0 aromatic heterocycles. The number of carbonyl (C=O) groups is 5. The van der Waals surface area contributed by atoms with Crippen molar-refractivity contribution in [1.29, 1.82) is 0 Å². The van der Waals surface area contributed by atoms with Crippen molar-refractivity contribution in [1.82, 2.24) is 26.6 Å². The van der Waals surface area contributed by atoms with Gasteiger partial charge >= 0.3 is 6.09 Å². The van der Waals surface area contributed by atoms with Crippen LogP contribution in [0.1, 0.15) is 79.4 Å². The molecule has 0 radical (unpaired) electrons. The second-order valence-electron chi connectivity index (χ2n) is 13.4. The Balaban J connectivity index is 1.56. The number of benzene rings is 3. The molecule has 1 fully saturated rings. The van der Waals surface area contributed by atoms with Crippen molar-refractivity contribution in [3.8, 4) is 0 Å². The first kappa shape index (κ1) is 40.0. The zero-order chi connectivity index (χ0) is 37.9. The van der Waals surface area contributed by atoms with Crippen LogP contribution in [0.5, 0.6) is 0 Å². The number of rotatable bonds is 16. The summed E-state index contributed by atoms with van der Waals surface area (Å²) in [6, 6.07) is 19.7. The van der Waals surface area contributed by atoms with Crippen molar-refractivity contribution in [2.45, 2.75) is 78.2 Å². The molecule has 0 aliphatic carbocycles. The molecular formula is C39H49BrN6O6. The Kier molecular flexibility index (Phi) is 14.4. The Hall–Kier alpha value is -4.75. The van der Waals surface area contributed by atoms with E-state index in [2.05, 4.69) is 42.5 Å². The average molecular weight is 778 g/mol. The number of carbonyl (C=O) groups excluding carboxylic acids is 5. The summed E-state index contributed by atoms with van der Waals surface area (Å²) in [5, 5.41) is 14.9. The lowest BCUT2D eigenvalue weighted by Gasteiger charge is -2.25. The Labute approximate surface area is 314 Å². The number of cyclic esters (lactones) is 1. The highest BCUT2D eigenvalue weighted by atomic mass is 79.9. The largest absolute Gasteiger partial charge is 0.444 e. The van der Waals surface area contributed by atoms with Crippen LogP contribution >= 0.6 is 15.9 Å². The minimum absolute atomic E-state index is 0.120. The molecule has 52 heavy (non-hydrogen) atoms. The summed E-state index contributed by atoms with van der Waals surface area (Å²) in [5.41, 5.74) is 2.60. The van der Waals surface area contributed by atoms with Crippen LogP contribution in [0, 0.1) is 5.92 Å². The van der Waals surface area contributed by atoms with Crippen molar-refractivity contribution in [3.05, 3.63) is 99.5 Å². The van der Waals surface area contributed by atoms with Crippen LogP contribution < -0.4 is 31.5 Å². The Morgan fingerprint density at radius 1 is 0.865 bits per heavy atom. The molecule has 0 bridgehead atoms. The molecule has 4 rings (SSSR count). The Bertz CT molecular complexity index is 1720. The maximum Gasteiger partial charge on any atom is 0.414 e. The van der Waals surface area contributed by atoms with Gasteiger partial charge in [-0.1, -0.05) is 72.2 Å². The first-order valence-corrected chi connectivity index (χ1v) is 18.4. The fraction of sp³-hybridized carbons (Fsp3) is 0.410. The van der Waals surface area contributed by atoms with Gasteiger partial charge in [0.1, 0.15) is 12.1 Å². The second-order valence-corrected chi connectivity index (χ2v) is 14.4. The maximum absolute atomic E-state index is 14.0. The zero-order valence-electron chi connectivity index (χ0n) is 30.5. The minimum Gasteiger partial charge on any atom is -0.444 e. The third kappa shape index (κ3) is 11.1. The maximum atomic E-state index is 14.0. The predicted octanol–water partition coefficient (Wildman–Crippen LogP) is 4.88. The number of hydrogen-bond acceptors (Lipinski definition) is 7. The van der Waals surface area contributed by atoms with Gasteiger partial charge in [-0.25, -0.2) is 4.79 Å². The summed E-state index contributed by atoms with van der Waals surface area (Å²) in [6.45, 7) is 11.8. The number of likely N-dealkylation sites (N-methyl/N-ethyl adjacent to an activating group) is 1. The van der Waals surface area contributed by atoms with E-state index in [0.29, 0.717) is 18.7 Å². The van der Waals surface area contributed by atoms with Crippen LogP contribution in [0.2, 0.25) is 0 Å². The highest BCUT2D eigenvalue weighted by molar-refractivity contribution is 9.10. The smallest absolute Gasteiger partial charge is 0.414 e. The molecule has 1 aliphatic heterocycles. The molecule has 1 heterocycles. The van der Waals surface area contributed by atoms with Crippen molar-refractivity contribution >= 4 is 51.3 Å². The number of anilines is 1. The minimum atomic E-state index is -0.691. The van der Waals surface area contributed by atoms with Gasteiger partial charge < -0.3 is 31.3 Å². The Morgan fingerprint density at radius 2 is 1.50 bits per heavy atom. The molecular weight excluding hydrogens is 728 g/mol. The molecule has 3 aromatic carbocycles. The number of amides is 5. The van der Waals surface area contributed by atoms with Crippen molar-refractivity contribution in [2.24, 2.45) is 5.92 Å². The molecule has 3 aromatic rings. The third-order valence-electron chi connectivity index (χ3n) is 8.76. The summed E-state index contributed by atoms with van der Waals surface area (Å²) in [6.07, 6.45) is -0.489. The van der Waals surface area contributed by atoms with E-state index in [1.807, 2.05) is 82.3 Å². The fourth-order valence-corrected chi connectivity index (χ4v) is 6.07. The summed E-state index contributed by atoms with van der Waals surface area (Å²) in [7, 11) is 0. The van der Waals surface area contributed by atoms with Crippen LogP contribution in [0.3, 0.4) is 0 Å². The van der Waals surface area contributed by atoms with E-state index in [-0.39, 0.29) is 54.1 Å². The molecule has 0 spiro atoms. The van der Waals surface area contributed by atoms with E-state index in [1.165, 1.54) is 11.0 Å². The SMILES string of the molecule is CCNC(=O)[C@@H](NC(=O)[C@H](C)NC[C@H](Cc1ccccc1)NC(=O)c1cc(C(=O)N[C@H](C)c2ccc(Br)cc2)cc(N2CC(C)OC2=O)c1)C(C)C. The van der Waals surface area contributed by atoms with Crippen LogP contribution in [-0.2, 0) is 20.7 Å². The number of nitrogens with zero attached hydrogens (tertiary/aromatic N) is 1. The van der Waals surface area contributed by atoms with Gasteiger partial charge in [-0.2, -0.15) is 0 Å². The van der Waals surface area contributed by atoms with Gasteiger partial charge in [0, 0.05) is 40.4 Å². The van der Waals surface area contributed by atoms with Gasteiger partial charge in [-0.05, 0) is 81.5 Å². The van der Waals surface area contributed by atoms with Crippen molar-refractivity contribution in [3.63, 3.8) is 0 Å². The van der Waals surface area contributed by atoms with Crippen LogP contribution in [0.25, 0.3) is 0 Å². The van der Waals surface area contributed by atoms with Crippen LogP contribution in [-0.4, -0.2) is 73.6 Å². The highest BCUT2D eigenvalue weighted by Gasteiger charge is 2.31. The van der Waals surface area contributed by atoms with Gasteiger partial charge in [-0.3, -0.25) is 24.1 Å². The Morgan fingerprint density at radius 3 is 2.08 bits per heavy atom. The van der Waals surface area contributed by atoms with Crippen LogP contribution in [0.15, 0.2) is 77.3 Å². The normalized spacial score (nSPS) is 16.3. The van der Waals surface area contributed by atoms with Gasteiger partial charge in [0.15, 0.2) is 0 Å². The molecule has 13 heteroatoms. The molecule has 1 unspecified atom stereocenters. The number of halogens is 1. The molecule has 278 valence electrons. The summed E-state index contributed by atoms with van der Waals surface area (Å²) < 4.78 is 6.26. The van der Waals surface area contributed by atoms with Gasteiger partial charge in [0.05, 0.1) is 18.6 Å². The molecule has 1 aliphatic rings. The zero-order valence-corrected chi connectivity index (χ0v) is 32.1. The van der Waals surface area contributed by atoms with E-state index >= 15 is 0 Å². The quantitative estimate of drug-likeness (QED) is 0.139. The lowest BCUT2D eigenvalue weighted by Crippen LogP contribution is -2.55. The molecule has 12 nitrogen and oxygen atoms in total. The topological polar surface area (TPSA) is 158 Å². The second kappa shape index (κ2) is 18.7. The molecule has 5 atom stereocenters. The summed E-state index contributed by atoms with van der Waals surface area (Å²) >= 11 is 3.43. The average Bonchev–Trinajstić information content (AvgIpc) is 3.46. The van der Waals surface area contributed by atoms with E-state index in [9.17, 15) is 24.0 Å². The van der Waals surface area contributed by atoms with E-state index in [4.69, 9.17) is 4.74 Å². The molecule has 5 N–H and O–H groups in total. The van der Waals surface area contributed by atoms with E-state index in [1.54, 1.807) is 26.0 Å². The van der Waals surface area contributed by atoms with Crippen LogP contribution in [0.4, 0.5) is 10.5 Å². The third-order valence-corrected chi connectivity index (χ3v) is 9.28. The fourth-order valence-electron chi connectivity index (χ4n) is 5.81. The van der Waals surface area contributed by atoms with E-state index < -0.39 is 36.0 Å². The number of ether oxygens (including phenoxy) is 1.